The number of methoxy groups -OCH3 is 1. The van der Waals surface area contributed by atoms with Crippen LogP contribution in [0.4, 0.5) is 5.69 Å². The number of carbonyl (C=O) groups is 2. The average molecular weight is 323 g/mol. The Balaban J connectivity index is 1.97. The molecule has 2 aliphatic rings. The van der Waals surface area contributed by atoms with Gasteiger partial charge in [0.2, 0.25) is 0 Å². The van der Waals surface area contributed by atoms with Crippen molar-refractivity contribution in [2.45, 2.75) is 0 Å². The molecular formula is C15H15ClN2O4. The Morgan fingerprint density at radius 2 is 1.82 bits per heavy atom. The molecule has 0 N–H and O–H groups in total. The van der Waals surface area contributed by atoms with Crippen LogP contribution in [0.1, 0.15) is 0 Å². The van der Waals surface area contributed by atoms with E-state index in [2.05, 4.69) is 0 Å². The van der Waals surface area contributed by atoms with E-state index in [0.29, 0.717) is 37.7 Å². The van der Waals surface area contributed by atoms with Gasteiger partial charge in [0.1, 0.15) is 16.5 Å². The number of hydrogen-bond acceptors (Lipinski definition) is 5. The van der Waals surface area contributed by atoms with Gasteiger partial charge in [-0.05, 0) is 12.1 Å². The van der Waals surface area contributed by atoms with E-state index in [9.17, 15) is 9.59 Å². The van der Waals surface area contributed by atoms with Crippen LogP contribution in [0.5, 0.6) is 5.75 Å². The number of ether oxygens (including phenoxy) is 2. The van der Waals surface area contributed by atoms with E-state index in [4.69, 9.17) is 21.1 Å². The zero-order valence-electron chi connectivity index (χ0n) is 12.0. The third-order valence-electron chi connectivity index (χ3n) is 3.66. The van der Waals surface area contributed by atoms with Gasteiger partial charge in [-0.25, -0.2) is 4.90 Å². The summed E-state index contributed by atoms with van der Waals surface area (Å²) in [6, 6.07) is 6.85. The van der Waals surface area contributed by atoms with Gasteiger partial charge < -0.3 is 14.4 Å². The molecule has 7 heteroatoms. The summed E-state index contributed by atoms with van der Waals surface area (Å²) in [5, 5.41) is -0.0576. The van der Waals surface area contributed by atoms with Crippen molar-refractivity contribution in [1.82, 2.24) is 4.90 Å². The average Bonchev–Trinajstić information content (AvgIpc) is 2.78. The van der Waals surface area contributed by atoms with Crippen LogP contribution >= 0.6 is 11.6 Å². The highest BCUT2D eigenvalue weighted by molar-refractivity contribution is 6.52. The lowest BCUT2D eigenvalue weighted by Gasteiger charge is -2.29. The molecule has 6 nitrogen and oxygen atoms in total. The molecule has 0 spiro atoms. The number of rotatable bonds is 3. The normalized spacial score (nSPS) is 19.2. The molecule has 0 saturated carbocycles. The Morgan fingerprint density at radius 1 is 1.14 bits per heavy atom. The van der Waals surface area contributed by atoms with Crippen LogP contribution in [0, 0.1) is 0 Å². The van der Waals surface area contributed by atoms with Crippen LogP contribution in [-0.4, -0.2) is 50.1 Å². The molecule has 1 fully saturated rings. The van der Waals surface area contributed by atoms with Crippen LogP contribution in [0.3, 0.4) is 0 Å². The second-order valence-electron chi connectivity index (χ2n) is 4.88. The molecule has 1 saturated heterocycles. The molecule has 0 radical (unpaired) electrons. The molecule has 116 valence electrons. The predicted octanol–water partition coefficient (Wildman–Crippen LogP) is 1.35. The van der Waals surface area contributed by atoms with Crippen molar-refractivity contribution in [2.75, 3.05) is 38.3 Å². The molecule has 0 atom stereocenters. The van der Waals surface area contributed by atoms with Gasteiger partial charge in [-0.2, -0.15) is 0 Å². The van der Waals surface area contributed by atoms with E-state index in [1.807, 2.05) is 0 Å². The van der Waals surface area contributed by atoms with Gasteiger partial charge in [0.05, 0.1) is 26.0 Å². The third kappa shape index (κ3) is 2.34. The third-order valence-corrected chi connectivity index (χ3v) is 4.00. The topological polar surface area (TPSA) is 59.1 Å². The molecule has 0 aromatic heterocycles. The zero-order valence-corrected chi connectivity index (χ0v) is 12.8. The number of carbonyl (C=O) groups excluding carboxylic acids is 2. The fraction of sp³-hybridized carbons (Fsp3) is 0.333. The smallest absolute Gasteiger partial charge is 0.283 e. The molecule has 0 bridgehead atoms. The van der Waals surface area contributed by atoms with Gasteiger partial charge in [0.25, 0.3) is 11.8 Å². The number of amides is 2. The Morgan fingerprint density at radius 3 is 2.50 bits per heavy atom. The second kappa shape index (κ2) is 5.98. The van der Waals surface area contributed by atoms with Crippen LogP contribution in [0.2, 0.25) is 0 Å². The van der Waals surface area contributed by atoms with Gasteiger partial charge in [-0.1, -0.05) is 23.7 Å². The van der Waals surface area contributed by atoms with Gasteiger partial charge in [0.15, 0.2) is 0 Å². The maximum Gasteiger partial charge on any atom is 0.283 e. The summed E-state index contributed by atoms with van der Waals surface area (Å²) in [7, 11) is 1.49. The summed E-state index contributed by atoms with van der Waals surface area (Å²) < 4.78 is 10.5. The monoisotopic (exact) mass is 322 g/mol. The van der Waals surface area contributed by atoms with Gasteiger partial charge in [-0.3, -0.25) is 9.59 Å². The molecule has 1 aromatic rings. The first-order chi connectivity index (χ1) is 10.6. The fourth-order valence-corrected chi connectivity index (χ4v) is 2.87. The lowest BCUT2D eigenvalue weighted by Crippen LogP contribution is -2.40. The number of anilines is 1. The lowest BCUT2D eigenvalue weighted by molar-refractivity contribution is -0.121. The molecule has 22 heavy (non-hydrogen) atoms. The minimum absolute atomic E-state index is 0.0576. The summed E-state index contributed by atoms with van der Waals surface area (Å²) in [6.07, 6.45) is 0. The van der Waals surface area contributed by atoms with Gasteiger partial charge in [0, 0.05) is 13.1 Å². The molecule has 0 unspecified atom stereocenters. The lowest BCUT2D eigenvalue weighted by atomic mass is 10.2. The summed E-state index contributed by atoms with van der Waals surface area (Å²) in [6.45, 7) is 2.07. The minimum Gasteiger partial charge on any atom is -0.495 e. The van der Waals surface area contributed by atoms with E-state index in [1.165, 1.54) is 7.11 Å². The van der Waals surface area contributed by atoms with E-state index < -0.39 is 11.8 Å². The van der Waals surface area contributed by atoms with E-state index in [0.717, 1.165) is 4.90 Å². The SMILES string of the molecule is COc1ccccc1N1C(=O)C(Cl)=C(N2CCOCC2)C1=O. The summed E-state index contributed by atoms with van der Waals surface area (Å²) in [5.41, 5.74) is 0.627. The molecule has 1 aromatic carbocycles. The summed E-state index contributed by atoms with van der Waals surface area (Å²) in [4.78, 5) is 28.0. The van der Waals surface area contributed by atoms with E-state index in [1.54, 1.807) is 29.2 Å². The minimum atomic E-state index is -0.530. The van der Waals surface area contributed by atoms with Crippen molar-refractivity contribution >= 4 is 29.1 Å². The van der Waals surface area contributed by atoms with Crippen molar-refractivity contribution in [3.63, 3.8) is 0 Å². The van der Waals surface area contributed by atoms with Crippen molar-refractivity contribution in [2.24, 2.45) is 0 Å². The Kier molecular flexibility index (Phi) is 4.04. The molecular weight excluding hydrogens is 308 g/mol. The van der Waals surface area contributed by atoms with Crippen molar-refractivity contribution < 1.29 is 19.1 Å². The first kappa shape index (κ1) is 14.9. The van der Waals surface area contributed by atoms with Crippen LogP contribution in [0.25, 0.3) is 0 Å². The maximum atomic E-state index is 12.7. The standard InChI is InChI=1S/C15H15ClN2O4/c1-21-11-5-3-2-4-10(11)18-14(19)12(16)13(15(18)20)17-6-8-22-9-7-17/h2-5H,6-9H2,1H3. The fourth-order valence-electron chi connectivity index (χ4n) is 2.59. The van der Waals surface area contributed by atoms with Crippen LogP contribution in [-0.2, 0) is 14.3 Å². The highest BCUT2D eigenvalue weighted by Gasteiger charge is 2.42. The summed E-state index contributed by atoms with van der Waals surface area (Å²) in [5.74, 6) is -0.518. The number of benzene rings is 1. The summed E-state index contributed by atoms with van der Waals surface area (Å²) >= 11 is 6.14. The first-order valence-electron chi connectivity index (χ1n) is 6.89. The number of hydrogen-bond donors (Lipinski definition) is 0. The first-order valence-corrected chi connectivity index (χ1v) is 7.27. The molecule has 2 heterocycles. The number of imide groups is 1. The number of nitrogens with zero attached hydrogens (tertiary/aromatic N) is 2. The van der Waals surface area contributed by atoms with Crippen molar-refractivity contribution in [3.05, 3.63) is 35.0 Å². The van der Waals surface area contributed by atoms with Crippen molar-refractivity contribution in [1.29, 1.82) is 0 Å². The largest absolute Gasteiger partial charge is 0.495 e. The van der Waals surface area contributed by atoms with E-state index in [-0.39, 0.29) is 10.7 Å². The van der Waals surface area contributed by atoms with Crippen molar-refractivity contribution in [3.8, 4) is 5.75 Å². The Labute approximate surface area is 132 Å². The maximum absolute atomic E-state index is 12.7. The molecule has 2 aliphatic heterocycles. The molecule has 2 amide bonds. The van der Waals surface area contributed by atoms with Crippen LogP contribution < -0.4 is 9.64 Å². The molecule has 0 aliphatic carbocycles. The molecule has 3 rings (SSSR count). The highest BCUT2D eigenvalue weighted by atomic mass is 35.5. The number of para-hydroxylation sites is 2. The quantitative estimate of drug-likeness (QED) is 0.786. The van der Waals surface area contributed by atoms with Crippen LogP contribution in [0.15, 0.2) is 35.0 Å². The van der Waals surface area contributed by atoms with Gasteiger partial charge >= 0.3 is 0 Å². The number of halogens is 1. The Hall–Kier alpha value is -2.05. The Bertz CT molecular complexity index is 653. The predicted molar refractivity (Wildman–Crippen MR) is 80.8 cm³/mol. The van der Waals surface area contributed by atoms with E-state index >= 15 is 0 Å². The highest BCUT2D eigenvalue weighted by Crippen LogP contribution is 2.36. The zero-order chi connectivity index (χ0) is 15.7. The second-order valence-corrected chi connectivity index (χ2v) is 5.26. The van der Waals surface area contributed by atoms with Gasteiger partial charge in [-0.15, -0.1) is 0 Å². The number of morpholine rings is 1.